The quantitative estimate of drug-likeness (QED) is 0.853. The second-order valence-corrected chi connectivity index (χ2v) is 6.40. The average Bonchev–Trinajstić information content (AvgIpc) is 2.34. The van der Waals surface area contributed by atoms with E-state index in [0.717, 1.165) is 41.1 Å². The molecule has 100 valence electrons. The zero-order valence-electron chi connectivity index (χ0n) is 10.8. The third-order valence-corrected chi connectivity index (χ3v) is 4.56. The van der Waals surface area contributed by atoms with E-state index >= 15 is 0 Å². The van der Waals surface area contributed by atoms with Crippen molar-refractivity contribution in [3.8, 4) is 0 Å². The highest BCUT2D eigenvalue weighted by Gasteiger charge is 2.31. The van der Waals surface area contributed by atoms with Gasteiger partial charge in [0.05, 0.1) is 11.3 Å². The van der Waals surface area contributed by atoms with Gasteiger partial charge in [-0.25, -0.2) is 0 Å². The summed E-state index contributed by atoms with van der Waals surface area (Å²) >= 11 is 9.58. The van der Waals surface area contributed by atoms with Gasteiger partial charge in [0.25, 0.3) is 0 Å². The summed E-state index contributed by atoms with van der Waals surface area (Å²) in [6, 6.07) is 6.27. The summed E-state index contributed by atoms with van der Waals surface area (Å²) in [6.07, 6.45) is 3.11. The lowest BCUT2D eigenvalue weighted by Gasteiger charge is -2.38. The molecule has 1 fully saturated rings. The van der Waals surface area contributed by atoms with Crippen LogP contribution in [0.2, 0.25) is 5.02 Å². The van der Waals surface area contributed by atoms with E-state index in [1.165, 1.54) is 0 Å². The van der Waals surface area contributed by atoms with Crippen LogP contribution in [-0.4, -0.2) is 18.2 Å². The summed E-state index contributed by atoms with van der Waals surface area (Å²) in [5, 5.41) is 4.32. The normalized spacial score (nSPS) is 28.1. The van der Waals surface area contributed by atoms with Crippen molar-refractivity contribution in [2.75, 3.05) is 11.9 Å². The SMILES string of the molecule is CCC1(C)CC(Nc2cc(Cl)ccc2Br)CCO1. The second-order valence-electron chi connectivity index (χ2n) is 5.11. The van der Waals surface area contributed by atoms with E-state index in [4.69, 9.17) is 16.3 Å². The molecule has 0 aromatic heterocycles. The Kier molecular flexibility index (Phi) is 4.57. The molecule has 1 aromatic carbocycles. The Labute approximate surface area is 122 Å². The highest BCUT2D eigenvalue weighted by Crippen LogP contribution is 2.32. The van der Waals surface area contributed by atoms with Gasteiger partial charge in [-0.15, -0.1) is 0 Å². The minimum absolute atomic E-state index is 0.000960. The summed E-state index contributed by atoms with van der Waals surface area (Å²) in [7, 11) is 0. The molecule has 2 nitrogen and oxygen atoms in total. The Bertz CT molecular complexity index is 426. The molecule has 0 amide bonds. The van der Waals surface area contributed by atoms with E-state index < -0.39 is 0 Å². The molecule has 2 rings (SSSR count). The Balaban J connectivity index is 2.07. The Morgan fingerprint density at radius 2 is 2.33 bits per heavy atom. The number of rotatable bonds is 3. The van der Waals surface area contributed by atoms with Crippen LogP contribution in [0, 0.1) is 0 Å². The van der Waals surface area contributed by atoms with Crippen LogP contribution in [0.1, 0.15) is 33.1 Å². The van der Waals surface area contributed by atoms with E-state index in [9.17, 15) is 0 Å². The molecule has 18 heavy (non-hydrogen) atoms. The molecule has 2 unspecified atom stereocenters. The number of ether oxygens (including phenoxy) is 1. The fraction of sp³-hybridized carbons (Fsp3) is 0.571. The van der Waals surface area contributed by atoms with Crippen LogP contribution >= 0.6 is 27.5 Å². The average molecular weight is 333 g/mol. The number of anilines is 1. The van der Waals surface area contributed by atoms with Gasteiger partial charge in [-0.2, -0.15) is 0 Å². The van der Waals surface area contributed by atoms with Gasteiger partial charge in [-0.3, -0.25) is 0 Å². The summed E-state index contributed by atoms with van der Waals surface area (Å²) < 4.78 is 6.91. The Morgan fingerprint density at radius 1 is 1.56 bits per heavy atom. The van der Waals surface area contributed by atoms with Crippen LogP contribution < -0.4 is 5.32 Å². The molecule has 0 saturated carbocycles. The fourth-order valence-corrected chi connectivity index (χ4v) is 2.86. The van der Waals surface area contributed by atoms with E-state index in [1.807, 2.05) is 18.2 Å². The maximum absolute atomic E-state index is 6.03. The van der Waals surface area contributed by atoms with Crippen LogP contribution in [0.3, 0.4) is 0 Å². The zero-order chi connectivity index (χ0) is 13.2. The predicted octanol–water partition coefficient (Wildman–Crippen LogP) is 4.86. The first kappa shape index (κ1) is 14.2. The molecule has 0 bridgehead atoms. The topological polar surface area (TPSA) is 21.3 Å². The molecule has 0 radical (unpaired) electrons. The molecule has 1 saturated heterocycles. The van der Waals surface area contributed by atoms with Gasteiger partial charge in [0.15, 0.2) is 0 Å². The highest BCUT2D eigenvalue weighted by atomic mass is 79.9. The molecule has 1 N–H and O–H groups in total. The Morgan fingerprint density at radius 3 is 3.06 bits per heavy atom. The first-order chi connectivity index (χ1) is 8.52. The molecule has 1 aliphatic heterocycles. The number of halogens is 2. The smallest absolute Gasteiger partial charge is 0.0671 e. The van der Waals surface area contributed by atoms with Crippen molar-refractivity contribution < 1.29 is 4.74 Å². The van der Waals surface area contributed by atoms with Crippen LogP contribution in [0.25, 0.3) is 0 Å². The molecule has 1 heterocycles. The van der Waals surface area contributed by atoms with Crippen molar-refractivity contribution in [1.82, 2.24) is 0 Å². The highest BCUT2D eigenvalue weighted by molar-refractivity contribution is 9.10. The van der Waals surface area contributed by atoms with Crippen LogP contribution in [0.4, 0.5) is 5.69 Å². The molecule has 0 aliphatic carbocycles. The monoisotopic (exact) mass is 331 g/mol. The van der Waals surface area contributed by atoms with E-state index in [-0.39, 0.29) is 5.60 Å². The van der Waals surface area contributed by atoms with Gasteiger partial charge in [0.1, 0.15) is 0 Å². The lowest BCUT2D eigenvalue weighted by molar-refractivity contribution is -0.0708. The first-order valence-electron chi connectivity index (χ1n) is 6.38. The third-order valence-electron chi connectivity index (χ3n) is 3.63. The largest absolute Gasteiger partial charge is 0.381 e. The predicted molar refractivity (Wildman–Crippen MR) is 80.4 cm³/mol. The van der Waals surface area contributed by atoms with E-state index in [1.54, 1.807) is 0 Å². The van der Waals surface area contributed by atoms with Gasteiger partial charge < -0.3 is 10.1 Å². The number of benzene rings is 1. The van der Waals surface area contributed by atoms with Crippen molar-refractivity contribution in [3.63, 3.8) is 0 Å². The summed E-state index contributed by atoms with van der Waals surface area (Å²) in [6.45, 7) is 5.19. The van der Waals surface area contributed by atoms with Crippen LogP contribution in [0.5, 0.6) is 0 Å². The molecule has 4 heteroatoms. The fourth-order valence-electron chi connectivity index (χ4n) is 2.33. The lowest BCUT2D eigenvalue weighted by Crippen LogP contribution is -2.41. The van der Waals surface area contributed by atoms with Crippen LogP contribution in [-0.2, 0) is 4.74 Å². The van der Waals surface area contributed by atoms with Crippen molar-refractivity contribution in [3.05, 3.63) is 27.7 Å². The van der Waals surface area contributed by atoms with Gasteiger partial charge >= 0.3 is 0 Å². The van der Waals surface area contributed by atoms with Crippen molar-refractivity contribution >= 4 is 33.2 Å². The van der Waals surface area contributed by atoms with Gasteiger partial charge in [0.2, 0.25) is 0 Å². The van der Waals surface area contributed by atoms with Crippen LogP contribution in [0.15, 0.2) is 22.7 Å². The standard InChI is InChI=1S/C14H19BrClNO/c1-3-14(2)9-11(6-7-18-14)17-13-8-10(16)4-5-12(13)15/h4-5,8,11,17H,3,6-7,9H2,1-2H3. The molecule has 0 spiro atoms. The van der Waals surface area contributed by atoms with Crippen molar-refractivity contribution in [2.45, 2.75) is 44.8 Å². The zero-order valence-corrected chi connectivity index (χ0v) is 13.1. The minimum atomic E-state index is 0.000960. The van der Waals surface area contributed by atoms with Gasteiger partial charge in [-0.1, -0.05) is 18.5 Å². The summed E-state index contributed by atoms with van der Waals surface area (Å²) in [5.41, 5.74) is 1.06. The second kappa shape index (κ2) is 5.81. The van der Waals surface area contributed by atoms with E-state index in [0.29, 0.717) is 6.04 Å². The minimum Gasteiger partial charge on any atom is -0.381 e. The molecule has 1 aliphatic rings. The molecule has 1 aromatic rings. The molecular formula is C14H19BrClNO. The van der Waals surface area contributed by atoms with Crippen molar-refractivity contribution in [1.29, 1.82) is 0 Å². The van der Waals surface area contributed by atoms with Gasteiger partial charge in [0, 0.05) is 22.1 Å². The maximum atomic E-state index is 6.03. The number of nitrogens with one attached hydrogen (secondary N) is 1. The lowest BCUT2D eigenvalue weighted by atomic mass is 9.90. The van der Waals surface area contributed by atoms with Gasteiger partial charge in [-0.05, 0) is 60.3 Å². The van der Waals surface area contributed by atoms with Crippen molar-refractivity contribution in [2.24, 2.45) is 0 Å². The Hall–Kier alpha value is -0.250. The summed E-state index contributed by atoms with van der Waals surface area (Å²) in [4.78, 5) is 0. The number of hydrogen-bond donors (Lipinski definition) is 1. The number of hydrogen-bond acceptors (Lipinski definition) is 2. The van der Waals surface area contributed by atoms with E-state index in [2.05, 4.69) is 35.1 Å². The third kappa shape index (κ3) is 3.40. The molecule has 2 atom stereocenters. The molecular weight excluding hydrogens is 314 g/mol. The summed E-state index contributed by atoms with van der Waals surface area (Å²) in [5.74, 6) is 0. The first-order valence-corrected chi connectivity index (χ1v) is 7.55. The maximum Gasteiger partial charge on any atom is 0.0671 e.